The minimum absolute atomic E-state index is 0.286. The Morgan fingerprint density at radius 3 is 2.83 bits per heavy atom. The van der Waals surface area contributed by atoms with Gasteiger partial charge in [0.1, 0.15) is 5.75 Å². The highest BCUT2D eigenvalue weighted by Crippen LogP contribution is 2.29. The Balaban J connectivity index is 1.76. The van der Waals surface area contributed by atoms with Crippen molar-refractivity contribution in [2.75, 3.05) is 0 Å². The van der Waals surface area contributed by atoms with Crippen LogP contribution in [0, 0.1) is 5.92 Å². The topological polar surface area (TPSA) is 39.2 Å². The Bertz CT molecular complexity index is 892. The van der Waals surface area contributed by atoms with E-state index in [-0.39, 0.29) is 11.9 Å². The molecule has 0 saturated carbocycles. The number of hydrogen-bond donors (Lipinski definition) is 0. The summed E-state index contributed by atoms with van der Waals surface area (Å²) in [5.41, 5.74) is 1.03. The number of nitrogens with zero attached hydrogens (tertiary/aromatic N) is 1. The van der Waals surface area contributed by atoms with Crippen LogP contribution in [0.25, 0.3) is 10.8 Å². The highest BCUT2D eigenvalue weighted by atomic mass is 79.9. The Labute approximate surface area is 153 Å². The van der Waals surface area contributed by atoms with Gasteiger partial charge in [0.2, 0.25) is 0 Å². The minimum atomic E-state index is -0.291. The Kier molecular flexibility index (Phi) is 5.17. The molecule has 0 aliphatic carbocycles. The van der Waals surface area contributed by atoms with Gasteiger partial charge in [-0.25, -0.2) is 0 Å². The van der Waals surface area contributed by atoms with E-state index in [0.29, 0.717) is 21.7 Å². The zero-order chi connectivity index (χ0) is 17.1. The maximum atomic E-state index is 12.4. The molecule has 1 heterocycles. The predicted molar refractivity (Wildman–Crippen MR) is 99.4 cm³/mol. The van der Waals surface area contributed by atoms with E-state index in [9.17, 15) is 4.79 Å². The average molecular weight is 405 g/mol. The van der Waals surface area contributed by atoms with Crippen LogP contribution < -0.4 is 4.74 Å². The standard InChI is InChI=1S/C19H15BrClNO2/c1-12(19(23)24-18-7-6-15(21)9-17(18)20)8-14-11-22-10-13-4-2-3-5-16(13)14/h2-7,9-12H,8H2,1H3. The van der Waals surface area contributed by atoms with E-state index in [0.717, 1.165) is 16.3 Å². The van der Waals surface area contributed by atoms with E-state index >= 15 is 0 Å². The van der Waals surface area contributed by atoms with Gasteiger partial charge in [0.25, 0.3) is 0 Å². The van der Waals surface area contributed by atoms with E-state index in [1.165, 1.54) is 0 Å². The summed E-state index contributed by atoms with van der Waals surface area (Å²) in [6.45, 7) is 1.86. The van der Waals surface area contributed by atoms with Crippen molar-refractivity contribution in [3.05, 3.63) is 69.9 Å². The summed E-state index contributed by atoms with van der Waals surface area (Å²) in [5, 5.41) is 2.76. The second-order valence-electron chi connectivity index (χ2n) is 5.62. The van der Waals surface area contributed by atoms with Crippen LogP contribution in [0.1, 0.15) is 12.5 Å². The monoisotopic (exact) mass is 403 g/mol. The molecular formula is C19H15BrClNO2. The van der Waals surface area contributed by atoms with Gasteiger partial charge in [0, 0.05) is 22.8 Å². The van der Waals surface area contributed by atoms with Crippen LogP contribution >= 0.6 is 27.5 Å². The molecule has 2 aromatic carbocycles. The molecule has 0 aliphatic heterocycles. The number of benzene rings is 2. The summed E-state index contributed by atoms with van der Waals surface area (Å²) in [4.78, 5) is 16.7. The molecule has 0 spiro atoms. The fourth-order valence-electron chi connectivity index (χ4n) is 2.52. The number of carbonyl (C=O) groups is 1. The molecule has 0 N–H and O–H groups in total. The van der Waals surface area contributed by atoms with Crippen LogP contribution in [0.5, 0.6) is 5.75 Å². The third-order valence-electron chi connectivity index (χ3n) is 3.78. The number of aromatic nitrogens is 1. The first-order valence-corrected chi connectivity index (χ1v) is 8.70. The summed E-state index contributed by atoms with van der Waals surface area (Å²) in [5.74, 6) is -0.113. The second kappa shape index (κ2) is 7.32. The van der Waals surface area contributed by atoms with Crippen LogP contribution in [0.2, 0.25) is 5.02 Å². The van der Waals surface area contributed by atoms with Gasteiger partial charge in [-0.3, -0.25) is 9.78 Å². The van der Waals surface area contributed by atoms with Gasteiger partial charge in [-0.15, -0.1) is 0 Å². The first kappa shape index (κ1) is 16.9. The molecule has 1 aromatic heterocycles. The molecule has 3 aromatic rings. The molecule has 3 nitrogen and oxygen atoms in total. The lowest BCUT2D eigenvalue weighted by molar-refractivity contribution is -0.138. The van der Waals surface area contributed by atoms with Gasteiger partial charge in [0.05, 0.1) is 10.4 Å². The molecule has 0 radical (unpaired) electrons. The summed E-state index contributed by atoms with van der Waals surface area (Å²) in [6, 6.07) is 13.1. The van der Waals surface area contributed by atoms with Crippen LogP contribution in [-0.2, 0) is 11.2 Å². The van der Waals surface area contributed by atoms with Crippen molar-refractivity contribution in [1.29, 1.82) is 0 Å². The van der Waals surface area contributed by atoms with E-state index in [4.69, 9.17) is 16.3 Å². The van der Waals surface area contributed by atoms with Gasteiger partial charge >= 0.3 is 5.97 Å². The Morgan fingerprint density at radius 2 is 2.04 bits per heavy atom. The number of esters is 1. The molecule has 0 amide bonds. The van der Waals surface area contributed by atoms with Crippen molar-refractivity contribution in [2.24, 2.45) is 5.92 Å². The average Bonchev–Trinajstić information content (AvgIpc) is 2.57. The van der Waals surface area contributed by atoms with Gasteiger partial charge in [-0.1, -0.05) is 42.8 Å². The zero-order valence-electron chi connectivity index (χ0n) is 13.0. The number of rotatable bonds is 4. The number of pyridine rings is 1. The normalized spacial score (nSPS) is 12.1. The lowest BCUT2D eigenvalue weighted by Crippen LogP contribution is -2.20. The van der Waals surface area contributed by atoms with Crippen molar-refractivity contribution >= 4 is 44.3 Å². The largest absolute Gasteiger partial charge is 0.425 e. The van der Waals surface area contributed by atoms with Crippen LogP contribution in [0.3, 0.4) is 0 Å². The van der Waals surface area contributed by atoms with Gasteiger partial charge in [0.15, 0.2) is 0 Å². The molecule has 5 heteroatoms. The predicted octanol–water partition coefficient (Wildman–Crippen LogP) is 5.43. The number of hydrogen-bond acceptors (Lipinski definition) is 3. The van der Waals surface area contributed by atoms with Crippen molar-refractivity contribution in [1.82, 2.24) is 4.98 Å². The number of halogens is 2. The van der Waals surface area contributed by atoms with Crippen LogP contribution in [-0.4, -0.2) is 11.0 Å². The molecule has 122 valence electrons. The Hall–Kier alpha value is -1.91. The smallest absolute Gasteiger partial charge is 0.314 e. The van der Waals surface area contributed by atoms with Crippen molar-refractivity contribution in [3.63, 3.8) is 0 Å². The molecule has 0 aliphatic rings. The summed E-state index contributed by atoms with van der Waals surface area (Å²) < 4.78 is 6.14. The van der Waals surface area contributed by atoms with Crippen molar-refractivity contribution < 1.29 is 9.53 Å². The summed E-state index contributed by atoms with van der Waals surface area (Å²) in [6.07, 6.45) is 4.20. The summed E-state index contributed by atoms with van der Waals surface area (Å²) >= 11 is 9.25. The Morgan fingerprint density at radius 1 is 1.25 bits per heavy atom. The zero-order valence-corrected chi connectivity index (χ0v) is 15.3. The molecule has 24 heavy (non-hydrogen) atoms. The lowest BCUT2D eigenvalue weighted by Gasteiger charge is -2.13. The molecule has 0 fully saturated rings. The fourth-order valence-corrected chi connectivity index (χ4v) is 3.29. The molecule has 3 rings (SSSR count). The maximum absolute atomic E-state index is 12.4. The van der Waals surface area contributed by atoms with E-state index in [1.807, 2.05) is 43.6 Å². The first-order chi connectivity index (χ1) is 11.5. The molecular weight excluding hydrogens is 390 g/mol. The number of ether oxygens (including phenoxy) is 1. The van der Waals surface area contributed by atoms with Gasteiger partial charge < -0.3 is 4.74 Å². The lowest BCUT2D eigenvalue weighted by atomic mass is 9.98. The first-order valence-electron chi connectivity index (χ1n) is 7.53. The SMILES string of the molecule is CC(Cc1cncc2ccccc12)C(=O)Oc1ccc(Cl)cc1Br. The molecule has 1 unspecified atom stereocenters. The van der Waals surface area contributed by atoms with E-state index < -0.39 is 0 Å². The third kappa shape index (κ3) is 3.77. The van der Waals surface area contributed by atoms with Crippen molar-refractivity contribution in [2.45, 2.75) is 13.3 Å². The minimum Gasteiger partial charge on any atom is -0.425 e. The second-order valence-corrected chi connectivity index (χ2v) is 6.91. The number of fused-ring (bicyclic) bond motifs is 1. The third-order valence-corrected chi connectivity index (χ3v) is 4.64. The highest BCUT2D eigenvalue weighted by Gasteiger charge is 2.18. The van der Waals surface area contributed by atoms with Crippen LogP contribution in [0.4, 0.5) is 0 Å². The maximum Gasteiger partial charge on any atom is 0.314 e. The number of carbonyl (C=O) groups excluding carboxylic acids is 1. The fraction of sp³-hybridized carbons (Fsp3) is 0.158. The highest BCUT2D eigenvalue weighted by molar-refractivity contribution is 9.10. The molecule has 1 atom stereocenters. The van der Waals surface area contributed by atoms with E-state index in [1.54, 1.807) is 18.2 Å². The van der Waals surface area contributed by atoms with Gasteiger partial charge in [-0.05, 0) is 51.5 Å². The summed E-state index contributed by atoms with van der Waals surface area (Å²) in [7, 11) is 0. The van der Waals surface area contributed by atoms with Gasteiger partial charge in [-0.2, -0.15) is 0 Å². The quantitative estimate of drug-likeness (QED) is 0.429. The van der Waals surface area contributed by atoms with Crippen molar-refractivity contribution in [3.8, 4) is 5.75 Å². The molecule has 0 saturated heterocycles. The molecule has 0 bridgehead atoms. The van der Waals surface area contributed by atoms with E-state index in [2.05, 4.69) is 20.9 Å². The van der Waals surface area contributed by atoms with Crippen LogP contribution in [0.15, 0.2) is 59.3 Å².